The van der Waals surface area contributed by atoms with E-state index in [9.17, 15) is 14.7 Å². The van der Waals surface area contributed by atoms with E-state index in [0.29, 0.717) is 13.2 Å². The summed E-state index contributed by atoms with van der Waals surface area (Å²) in [5, 5.41) is 9.59. The zero-order valence-corrected chi connectivity index (χ0v) is 9.04. The molecule has 0 spiro atoms. The molecule has 92 valence electrons. The van der Waals surface area contributed by atoms with Crippen LogP contribution in [0.15, 0.2) is 15.7 Å². The van der Waals surface area contributed by atoms with Crippen molar-refractivity contribution in [2.45, 2.75) is 25.3 Å². The Bertz CT molecular complexity index is 553. The summed E-state index contributed by atoms with van der Waals surface area (Å²) in [7, 11) is 0. The van der Waals surface area contributed by atoms with Crippen LogP contribution in [0.25, 0.3) is 0 Å². The molecule has 7 nitrogen and oxygen atoms in total. The molecule has 3 heterocycles. The second-order valence-electron chi connectivity index (χ2n) is 4.26. The molecule has 0 aliphatic carbocycles. The van der Waals surface area contributed by atoms with Crippen LogP contribution in [0.4, 0.5) is 0 Å². The van der Waals surface area contributed by atoms with Crippen LogP contribution in [0.3, 0.4) is 0 Å². The third-order valence-corrected chi connectivity index (χ3v) is 2.83. The van der Waals surface area contributed by atoms with E-state index in [1.165, 1.54) is 0 Å². The number of epoxide rings is 2. The van der Waals surface area contributed by atoms with Crippen LogP contribution in [0, 0.1) is 0 Å². The predicted octanol–water partition coefficient (Wildman–Crippen LogP) is -1.49. The Labute approximate surface area is 95.8 Å². The molecule has 0 amide bonds. The fourth-order valence-electron chi connectivity index (χ4n) is 1.70. The number of hydrogen-bond donors (Lipinski definition) is 1. The SMILES string of the molecule is O=c1cc(O)n(CC2CO2)c(=O)n1CC1CO1. The van der Waals surface area contributed by atoms with Crippen LogP contribution in [0.2, 0.25) is 0 Å². The fraction of sp³-hybridized carbons (Fsp3) is 0.600. The molecule has 17 heavy (non-hydrogen) atoms. The van der Waals surface area contributed by atoms with Gasteiger partial charge >= 0.3 is 5.69 Å². The second-order valence-corrected chi connectivity index (χ2v) is 4.26. The van der Waals surface area contributed by atoms with Gasteiger partial charge in [0.2, 0.25) is 5.88 Å². The molecule has 2 aliphatic heterocycles. The van der Waals surface area contributed by atoms with Crippen molar-refractivity contribution in [2.24, 2.45) is 0 Å². The van der Waals surface area contributed by atoms with E-state index < -0.39 is 11.2 Å². The van der Waals surface area contributed by atoms with Crippen molar-refractivity contribution in [2.75, 3.05) is 13.2 Å². The smallest absolute Gasteiger partial charge is 0.333 e. The van der Waals surface area contributed by atoms with Crippen molar-refractivity contribution in [3.8, 4) is 5.88 Å². The summed E-state index contributed by atoms with van der Waals surface area (Å²) in [4.78, 5) is 23.6. The van der Waals surface area contributed by atoms with Gasteiger partial charge in [-0.3, -0.25) is 13.9 Å². The van der Waals surface area contributed by atoms with Crippen molar-refractivity contribution in [1.29, 1.82) is 0 Å². The van der Waals surface area contributed by atoms with Gasteiger partial charge in [-0.25, -0.2) is 4.79 Å². The zero-order chi connectivity index (χ0) is 12.0. The van der Waals surface area contributed by atoms with Gasteiger partial charge in [-0.2, -0.15) is 0 Å². The molecule has 2 unspecified atom stereocenters. The maximum atomic E-state index is 12.0. The maximum absolute atomic E-state index is 12.0. The van der Waals surface area contributed by atoms with Gasteiger partial charge in [0.1, 0.15) is 0 Å². The van der Waals surface area contributed by atoms with Crippen LogP contribution in [-0.4, -0.2) is 39.7 Å². The molecule has 1 aromatic rings. The monoisotopic (exact) mass is 240 g/mol. The number of aromatic nitrogens is 2. The number of rotatable bonds is 4. The third kappa shape index (κ3) is 2.11. The lowest BCUT2D eigenvalue weighted by atomic mass is 10.4. The van der Waals surface area contributed by atoms with Gasteiger partial charge in [-0.15, -0.1) is 0 Å². The summed E-state index contributed by atoms with van der Waals surface area (Å²) >= 11 is 0. The van der Waals surface area contributed by atoms with E-state index in [2.05, 4.69) is 0 Å². The Morgan fingerprint density at radius 3 is 2.24 bits per heavy atom. The number of aromatic hydroxyl groups is 1. The maximum Gasteiger partial charge on any atom is 0.333 e. The largest absolute Gasteiger partial charge is 0.494 e. The van der Waals surface area contributed by atoms with Gasteiger partial charge in [-0.05, 0) is 0 Å². The Balaban J connectivity index is 2.00. The van der Waals surface area contributed by atoms with Crippen molar-refractivity contribution in [1.82, 2.24) is 9.13 Å². The number of hydrogen-bond acceptors (Lipinski definition) is 5. The molecule has 1 aromatic heterocycles. The van der Waals surface area contributed by atoms with Gasteiger partial charge < -0.3 is 14.6 Å². The van der Waals surface area contributed by atoms with E-state index in [1.807, 2.05) is 0 Å². The summed E-state index contributed by atoms with van der Waals surface area (Å²) in [6.45, 7) is 1.66. The van der Waals surface area contributed by atoms with Crippen LogP contribution in [0.5, 0.6) is 5.88 Å². The van der Waals surface area contributed by atoms with Crippen LogP contribution >= 0.6 is 0 Å². The summed E-state index contributed by atoms with van der Waals surface area (Å²) in [5.74, 6) is -0.316. The van der Waals surface area contributed by atoms with Gasteiger partial charge in [-0.1, -0.05) is 0 Å². The van der Waals surface area contributed by atoms with Crippen molar-refractivity contribution >= 4 is 0 Å². The first kappa shape index (κ1) is 10.5. The second kappa shape index (κ2) is 3.71. The lowest BCUT2D eigenvalue weighted by Gasteiger charge is -2.09. The van der Waals surface area contributed by atoms with Gasteiger partial charge in [0.25, 0.3) is 5.56 Å². The van der Waals surface area contributed by atoms with E-state index in [0.717, 1.165) is 15.2 Å². The van der Waals surface area contributed by atoms with E-state index in [1.54, 1.807) is 0 Å². The molecule has 0 aromatic carbocycles. The molecule has 3 rings (SSSR count). The summed E-state index contributed by atoms with van der Waals surface area (Å²) in [6, 6.07) is 1.05. The van der Waals surface area contributed by atoms with Crippen molar-refractivity contribution in [3.63, 3.8) is 0 Å². The Hall–Kier alpha value is -1.60. The minimum atomic E-state index is -0.513. The molecule has 0 radical (unpaired) electrons. The highest BCUT2D eigenvalue weighted by Crippen LogP contribution is 2.14. The highest BCUT2D eigenvalue weighted by Gasteiger charge is 2.28. The molecule has 1 N–H and O–H groups in total. The molecule has 2 aliphatic rings. The van der Waals surface area contributed by atoms with Gasteiger partial charge in [0.15, 0.2) is 0 Å². The van der Waals surface area contributed by atoms with Crippen molar-refractivity contribution in [3.05, 3.63) is 26.9 Å². The van der Waals surface area contributed by atoms with E-state index >= 15 is 0 Å². The molecule has 2 saturated heterocycles. The molecular weight excluding hydrogens is 228 g/mol. The van der Waals surface area contributed by atoms with E-state index in [4.69, 9.17) is 9.47 Å². The average molecular weight is 240 g/mol. The molecule has 2 atom stereocenters. The molecular formula is C10H12N2O5. The average Bonchev–Trinajstić information content (AvgIpc) is 3.12. The zero-order valence-electron chi connectivity index (χ0n) is 9.04. The predicted molar refractivity (Wildman–Crippen MR) is 56.1 cm³/mol. The third-order valence-electron chi connectivity index (χ3n) is 2.83. The first-order valence-corrected chi connectivity index (χ1v) is 5.42. The Morgan fingerprint density at radius 1 is 1.18 bits per heavy atom. The lowest BCUT2D eigenvalue weighted by Crippen LogP contribution is -2.41. The summed E-state index contributed by atoms with van der Waals surface area (Å²) in [5.41, 5.74) is -1.02. The minimum Gasteiger partial charge on any atom is -0.494 e. The normalized spacial score (nSPS) is 25.9. The van der Waals surface area contributed by atoms with Crippen LogP contribution in [-0.2, 0) is 22.6 Å². The molecule has 0 saturated carbocycles. The minimum absolute atomic E-state index is 0.0401. The lowest BCUT2D eigenvalue weighted by molar-refractivity contribution is 0.331. The number of nitrogens with zero attached hydrogens (tertiary/aromatic N) is 2. The molecule has 7 heteroatoms. The van der Waals surface area contributed by atoms with Crippen molar-refractivity contribution < 1.29 is 14.6 Å². The first-order chi connectivity index (χ1) is 8.15. The summed E-state index contributed by atoms with van der Waals surface area (Å²) in [6.07, 6.45) is -0.0997. The number of ether oxygens (including phenoxy) is 2. The fourth-order valence-corrected chi connectivity index (χ4v) is 1.70. The standard InChI is InChI=1S/C10H12N2O5/c13-8-1-9(14)12(3-7-5-17-7)10(15)11(8)2-6-4-16-6/h1,6-7,13H,2-5H2. The van der Waals surface area contributed by atoms with Crippen LogP contribution < -0.4 is 11.2 Å². The Morgan fingerprint density at radius 2 is 1.71 bits per heavy atom. The van der Waals surface area contributed by atoms with Gasteiger partial charge in [0.05, 0.1) is 44.6 Å². The topological polar surface area (TPSA) is 89.3 Å². The van der Waals surface area contributed by atoms with E-state index in [-0.39, 0.29) is 31.2 Å². The molecule has 2 fully saturated rings. The Kier molecular flexibility index (Phi) is 2.30. The van der Waals surface area contributed by atoms with Crippen LogP contribution in [0.1, 0.15) is 0 Å². The summed E-state index contributed by atoms with van der Waals surface area (Å²) < 4.78 is 12.2. The highest BCUT2D eigenvalue weighted by molar-refractivity contribution is 5.08. The first-order valence-electron chi connectivity index (χ1n) is 5.42. The highest BCUT2D eigenvalue weighted by atomic mass is 16.6. The van der Waals surface area contributed by atoms with Gasteiger partial charge in [0, 0.05) is 0 Å². The quantitative estimate of drug-likeness (QED) is 0.648. The molecule has 0 bridgehead atoms.